The predicted octanol–water partition coefficient (Wildman–Crippen LogP) is 3.13. The van der Waals surface area contributed by atoms with Crippen molar-refractivity contribution in [2.45, 2.75) is 20.0 Å². The van der Waals surface area contributed by atoms with E-state index in [0.717, 1.165) is 17.1 Å². The molecule has 0 fully saturated rings. The highest BCUT2D eigenvalue weighted by molar-refractivity contribution is 5.45. The molecule has 0 spiro atoms. The number of nitrogens with one attached hydrogen (secondary N) is 2. The molecule has 1 aromatic heterocycles. The van der Waals surface area contributed by atoms with Gasteiger partial charge in [-0.3, -0.25) is 0 Å². The Bertz CT molecular complexity index is 899. The number of aryl methyl sites for hydroxylation is 1. The number of benzene rings is 2. The molecule has 7 heteroatoms. The molecule has 4 rings (SSSR count). The standard InChI is InChI=1S/C19H19N5O2/c1-13-2-4-14(5-3-13)9-20-18-11-22-24-19(23-18)21-10-15-6-7-16-17(8-15)26-12-25-16/h2-8,11H,9-10,12H2,1H3,(H2,20,21,23,24). The van der Waals surface area contributed by atoms with Crippen LogP contribution in [0.15, 0.2) is 48.7 Å². The summed E-state index contributed by atoms with van der Waals surface area (Å²) in [4.78, 5) is 4.44. The maximum Gasteiger partial charge on any atom is 0.244 e. The zero-order valence-corrected chi connectivity index (χ0v) is 14.4. The highest BCUT2D eigenvalue weighted by atomic mass is 16.7. The van der Waals surface area contributed by atoms with Crippen LogP contribution in [-0.4, -0.2) is 22.0 Å². The number of anilines is 2. The Morgan fingerprint density at radius 3 is 2.58 bits per heavy atom. The van der Waals surface area contributed by atoms with Gasteiger partial charge in [0, 0.05) is 13.1 Å². The molecule has 0 saturated heterocycles. The lowest BCUT2D eigenvalue weighted by atomic mass is 10.1. The summed E-state index contributed by atoms with van der Waals surface area (Å²) in [6, 6.07) is 14.2. The van der Waals surface area contributed by atoms with Crippen LogP contribution in [0.4, 0.5) is 11.8 Å². The second-order valence-corrected chi connectivity index (χ2v) is 6.05. The summed E-state index contributed by atoms with van der Waals surface area (Å²) >= 11 is 0. The Kier molecular flexibility index (Phi) is 4.51. The third-order valence-corrected chi connectivity index (χ3v) is 4.04. The van der Waals surface area contributed by atoms with Gasteiger partial charge in [0.2, 0.25) is 12.7 Å². The van der Waals surface area contributed by atoms with Crippen LogP contribution in [0.1, 0.15) is 16.7 Å². The number of rotatable bonds is 6. The van der Waals surface area contributed by atoms with Crippen molar-refractivity contribution in [1.29, 1.82) is 0 Å². The first-order valence-corrected chi connectivity index (χ1v) is 8.38. The van der Waals surface area contributed by atoms with Crippen molar-refractivity contribution in [3.63, 3.8) is 0 Å². The molecular formula is C19H19N5O2. The van der Waals surface area contributed by atoms with Crippen molar-refractivity contribution < 1.29 is 9.47 Å². The van der Waals surface area contributed by atoms with Crippen molar-refractivity contribution in [2.75, 3.05) is 17.4 Å². The Labute approximate surface area is 151 Å². The molecule has 0 saturated carbocycles. The van der Waals surface area contributed by atoms with Crippen LogP contribution in [0.25, 0.3) is 0 Å². The molecule has 0 bridgehead atoms. The largest absolute Gasteiger partial charge is 0.454 e. The van der Waals surface area contributed by atoms with E-state index in [0.29, 0.717) is 24.9 Å². The molecule has 0 atom stereocenters. The minimum Gasteiger partial charge on any atom is -0.454 e. The molecule has 1 aliphatic rings. The van der Waals surface area contributed by atoms with Gasteiger partial charge in [0.25, 0.3) is 0 Å². The lowest BCUT2D eigenvalue weighted by molar-refractivity contribution is 0.174. The first-order valence-electron chi connectivity index (χ1n) is 8.38. The first-order chi connectivity index (χ1) is 12.8. The summed E-state index contributed by atoms with van der Waals surface area (Å²) in [6.45, 7) is 3.60. The lowest BCUT2D eigenvalue weighted by Gasteiger charge is -2.08. The van der Waals surface area contributed by atoms with E-state index >= 15 is 0 Å². The third kappa shape index (κ3) is 3.83. The molecule has 3 aromatic rings. The molecule has 0 aliphatic carbocycles. The summed E-state index contributed by atoms with van der Waals surface area (Å²) < 4.78 is 10.7. The smallest absolute Gasteiger partial charge is 0.244 e. The quantitative estimate of drug-likeness (QED) is 0.707. The zero-order chi connectivity index (χ0) is 17.8. The van der Waals surface area contributed by atoms with Gasteiger partial charge in [0.15, 0.2) is 17.3 Å². The Morgan fingerprint density at radius 1 is 0.923 bits per heavy atom. The molecule has 0 radical (unpaired) electrons. The number of hydrogen-bond acceptors (Lipinski definition) is 7. The van der Waals surface area contributed by atoms with Crippen LogP contribution in [0.2, 0.25) is 0 Å². The van der Waals surface area contributed by atoms with E-state index in [1.807, 2.05) is 18.2 Å². The summed E-state index contributed by atoms with van der Waals surface area (Å²) in [5.41, 5.74) is 3.48. The van der Waals surface area contributed by atoms with Crippen molar-refractivity contribution in [3.8, 4) is 11.5 Å². The van der Waals surface area contributed by atoms with Gasteiger partial charge in [0.05, 0.1) is 6.20 Å². The van der Waals surface area contributed by atoms with Gasteiger partial charge in [0.1, 0.15) is 0 Å². The molecule has 132 valence electrons. The highest BCUT2D eigenvalue weighted by Gasteiger charge is 2.13. The van der Waals surface area contributed by atoms with Crippen molar-refractivity contribution >= 4 is 11.8 Å². The SMILES string of the molecule is Cc1ccc(CNc2cnnc(NCc3ccc4c(c3)OCO4)n2)cc1. The first kappa shape index (κ1) is 16.1. The summed E-state index contributed by atoms with van der Waals surface area (Å²) in [7, 11) is 0. The van der Waals surface area contributed by atoms with Gasteiger partial charge in [-0.05, 0) is 30.2 Å². The maximum absolute atomic E-state index is 5.39. The van der Waals surface area contributed by atoms with Crippen LogP contribution >= 0.6 is 0 Å². The summed E-state index contributed by atoms with van der Waals surface area (Å²) in [6.07, 6.45) is 1.61. The van der Waals surface area contributed by atoms with Gasteiger partial charge in [-0.25, -0.2) is 0 Å². The highest BCUT2D eigenvalue weighted by Crippen LogP contribution is 2.32. The van der Waals surface area contributed by atoms with Crippen molar-refractivity contribution in [1.82, 2.24) is 15.2 Å². The second-order valence-electron chi connectivity index (χ2n) is 6.05. The van der Waals surface area contributed by atoms with Gasteiger partial charge < -0.3 is 20.1 Å². The van der Waals surface area contributed by atoms with E-state index < -0.39 is 0 Å². The molecule has 2 aromatic carbocycles. The molecule has 2 heterocycles. The monoisotopic (exact) mass is 349 g/mol. The van der Waals surface area contributed by atoms with Crippen LogP contribution in [0, 0.1) is 6.92 Å². The van der Waals surface area contributed by atoms with Gasteiger partial charge in [-0.15, -0.1) is 5.10 Å². The topological polar surface area (TPSA) is 81.2 Å². The van der Waals surface area contributed by atoms with Gasteiger partial charge >= 0.3 is 0 Å². The number of hydrogen-bond donors (Lipinski definition) is 2. The third-order valence-electron chi connectivity index (χ3n) is 4.04. The van der Waals surface area contributed by atoms with E-state index in [1.165, 1.54) is 11.1 Å². The molecule has 7 nitrogen and oxygen atoms in total. The van der Waals surface area contributed by atoms with Crippen LogP contribution in [0.3, 0.4) is 0 Å². The average molecular weight is 349 g/mol. The minimum atomic E-state index is 0.272. The second kappa shape index (κ2) is 7.26. The zero-order valence-electron chi connectivity index (χ0n) is 14.4. The van der Waals surface area contributed by atoms with E-state index in [9.17, 15) is 0 Å². The summed E-state index contributed by atoms with van der Waals surface area (Å²) in [5.74, 6) is 2.68. The van der Waals surface area contributed by atoms with E-state index in [2.05, 4.69) is 57.0 Å². The van der Waals surface area contributed by atoms with Crippen LogP contribution in [-0.2, 0) is 13.1 Å². The molecule has 26 heavy (non-hydrogen) atoms. The normalized spacial score (nSPS) is 12.0. The fourth-order valence-electron chi connectivity index (χ4n) is 2.59. The maximum atomic E-state index is 5.39. The van der Waals surface area contributed by atoms with E-state index in [1.54, 1.807) is 6.20 Å². The summed E-state index contributed by atoms with van der Waals surface area (Å²) in [5, 5.41) is 14.5. The van der Waals surface area contributed by atoms with E-state index in [-0.39, 0.29) is 6.79 Å². The molecule has 0 amide bonds. The average Bonchev–Trinajstić information content (AvgIpc) is 3.14. The number of nitrogens with zero attached hydrogens (tertiary/aromatic N) is 3. The molecular weight excluding hydrogens is 330 g/mol. The Morgan fingerprint density at radius 2 is 1.69 bits per heavy atom. The Balaban J connectivity index is 1.35. The molecule has 2 N–H and O–H groups in total. The fourth-order valence-corrected chi connectivity index (χ4v) is 2.59. The van der Waals surface area contributed by atoms with Crippen LogP contribution < -0.4 is 20.1 Å². The van der Waals surface area contributed by atoms with Gasteiger partial charge in [-0.1, -0.05) is 35.9 Å². The van der Waals surface area contributed by atoms with E-state index in [4.69, 9.17) is 9.47 Å². The lowest BCUT2D eigenvalue weighted by Crippen LogP contribution is -2.08. The van der Waals surface area contributed by atoms with Crippen molar-refractivity contribution in [3.05, 3.63) is 65.4 Å². The predicted molar refractivity (Wildman–Crippen MR) is 98.2 cm³/mol. The number of aromatic nitrogens is 3. The minimum absolute atomic E-state index is 0.272. The van der Waals surface area contributed by atoms with Crippen LogP contribution in [0.5, 0.6) is 11.5 Å². The fraction of sp³-hybridized carbons (Fsp3) is 0.211. The van der Waals surface area contributed by atoms with Crippen molar-refractivity contribution in [2.24, 2.45) is 0 Å². The number of ether oxygens (including phenoxy) is 2. The molecule has 1 aliphatic heterocycles. The van der Waals surface area contributed by atoms with Gasteiger partial charge in [-0.2, -0.15) is 10.1 Å². The number of fused-ring (bicyclic) bond motifs is 1. The Hall–Kier alpha value is -3.35. The molecule has 0 unspecified atom stereocenters.